The van der Waals surface area contributed by atoms with E-state index in [9.17, 15) is 19.2 Å². The van der Waals surface area contributed by atoms with Gasteiger partial charge in [-0.25, -0.2) is 19.2 Å². The highest BCUT2D eigenvalue weighted by atomic mass is 16.5. The van der Waals surface area contributed by atoms with Crippen molar-refractivity contribution in [3.8, 4) is 17.2 Å². The molecular weight excluding hydrogens is 604 g/mol. The maximum absolute atomic E-state index is 12.2. The van der Waals surface area contributed by atoms with Gasteiger partial charge in [-0.2, -0.15) is 10.2 Å². The second-order valence-electron chi connectivity index (χ2n) is 9.73. The zero-order chi connectivity index (χ0) is 33.6. The summed E-state index contributed by atoms with van der Waals surface area (Å²) in [4.78, 5) is 47.3. The van der Waals surface area contributed by atoms with Gasteiger partial charge in [-0.15, -0.1) is 0 Å². The van der Waals surface area contributed by atoms with Crippen molar-refractivity contribution in [1.29, 1.82) is 0 Å². The van der Waals surface area contributed by atoms with Crippen molar-refractivity contribution in [2.24, 2.45) is 10.2 Å². The van der Waals surface area contributed by atoms with E-state index >= 15 is 0 Å². The molecular formula is C36H30N2O9. The van der Waals surface area contributed by atoms with Gasteiger partial charge in [0, 0.05) is 23.8 Å². The Balaban J connectivity index is 1.19. The van der Waals surface area contributed by atoms with Crippen LogP contribution in [0.25, 0.3) is 6.08 Å². The number of rotatable bonds is 13. The van der Waals surface area contributed by atoms with Crippen molar-refractivity contribution in [3.63, 3.8) is 0 Å². The summed E-state index contributed by atoms with van der Waals surface area (Å²) in [5.41, 5.74) is 2.13. The fourth-order valence-corrected chi connectivity index (χ4v) is 3.69. The van der Waals surface area contributed by atoms with Gasteiger partial charge in [0.2, 0.25) is 0 Å². The van der Waals surface area contributed by atoms with E-state index in [1.807, 2.05) is 0 Å². The van der Waals surface area contributed by atoms with Crippen LogP contribution in [0.5, 0.6) is 17.2 Å². The smallest absolute Gasteiger partial charge is 0.338 e. The van der Waals surface area contributed by atoms with Gasteiger partial charge in [0.1, 0.15) is 28.8 Å². The minimum Gasteiger partial charge on any atom is -0.463 e. The molecule has 0 spiro atoms. The fraction of sp³-hybridized carbons (Fsp3) is 0.111. The first-order chi connectivity index (χ1) is 22.7. The lowest BCUT2D eigenvalue weighted by atomic mass is 10.2. The number of hydrogen-bond acceptors (Lipinski definition) is 11. The molecule has 238 valence electrons. The maximum atomic E-state index is 12.2. The maximum Gasteiger partial charge on any atom is 0.338 e. The van der Waals surface area contributed by atoms with Crippen LogP contribution in [0, 0.1) is 0 Å². The summed E-state index contributed by atoms with van der Waals surface area (Å²) >= 11 is 0. The van der Waals surface area contributed by atoms with Gasteiger partial charge in [-0.05, 0) is 98.3 Å². The number of azo groups is 1. The van der Waals surface area contributed by atoms with E-state index in [2.05, 4.69) is 16.8 Å². The van der Waals surface area contributed by atoms with Gasteiger partial charge >= 0.3 is 23.9 Å². The normalized spacial score (nSPS) is 12.5. The van der Waals surface area contributed by atoms with Gasteiger partial charge in [0.05, 0.1) is 24.4 Å². The summed E-state index contributed by atoms with van der Waals surface area (Å²) in [5.74, 6) is -0.273. The SMILES string of the molecule is C=C(C)C(=O)OC1=CC=C(Oc2ccc(N=Nc3ccc(OC(=O)/C=C/C(=O)Oc4ccc(/C=C/C(=O)OCC)cc4)cc3)cc2)C1. The van der Waals surface area contributed by atoms with Crippen molar-refractivity contribution in [3.05, 3.63) is 132 Å². The molecule has 0 unspecified atom stereocenters. The lowest BCUT2D eigenvalue weighted by Gasteiger charge is -2.08. The second kappa shape index (κ2) is 16.6. The Bertz CT molecular complexity index is 1780. The predicted molar refractivity (Wildman–Crippen MR) is 172 cm³/mol. The average Bonchev–Trinajstić information content (AvgIpc) is 3.50. The quantitative estimate of drug-likeness (QED) is 0.0813. The highest BCUT2D eigenvalue weighted by Crippen LogP contribution is 2.27. The van der Waals surface area contributed by atoms with E-state index in [1.54, 1.807) is 105 Å². The number of benzene rings is 3. The molecule has 4 rings (SSSR count). The summed E-state index contributed by atoms with van der Waals surface area (Å²) in [7, 11) is 0. The third kappa shape index (κ3) is 11.3. The van der Waals surface area contributed by atoms with Gasteiger partial charge in [0.25, 0.3) is 0 Å². The number of nitrogens with zero attached hydrogens (tertiary/aromatic N) is 2. The van der Waals surface area contributed by atoms with Crippen LogP contribution in [-0.4, -0.2) is 30.5 Å². The molecule has 47 heavy (non-hydrogen) atoms. The standard InChI is InChI=1S/C36H30N2O9/c1-4-43-33(39)20-7-25-5-12-29(13-6-25)45-34(40)21-22-35(41)46-30-16-10-27(11-17-30)38-37-26-8-14-28(15-9-26)44-31-18-19-32(23-31)47-36(42)24(2)3/h5-22H,2,4,23H2,1,3H3/b20-7+,22-21+,38-37?. The van der Waals surface area contributed by atoms with Crippen molar-refractivity contribution < 1.29 is 42.9 Å². The molecule has 0 fully saturated rings. The molecule has 0 bridgehead atoms. The third-order valence-corrected chi connectivity index (χ3v) is 5.95. The van der Waals surface area contributed by atoms with Gasteiger partial charge in [-0.1, -0.05) is 18.7 Å². The molecule has 0 saturated heterocycles. The summed E-state index contributed by atoms with van der Waals surface area (Å²) in [6.45, 7) is 7.15. The number of hydrogen-bond donors (Lipinski definition) is 0. The second-order valence-corrected chi connectivity index (χ2v) is 9.73. The van der Waals surface area contributed by atoms with E-state index < -0.39 is 23.9 Å². The Morgan fingerprint density at radius 3 is 1.72 bits per heavy atom. The van der Waals surface area contributed by atoms with E-state index in [-0.39, 0.29) is 18.1 Å². The fourth-order valence-electron chi connectivity index (χ4n) is 3.69. The van der Waals surface area contributed by atoms with Crippen LogP contribution in [0.4, 0.5) is 11.4 Å². The van der Waals surface area contributed by atoms with Gasteiger partial charge < -0.3 is 23.7 Å². The van der Waals surface area contributed by atoms with Crippen LogP contribution < -0.4 is 14.2 Å². The molecule has 0 N–H and O–H groups in total. The number of carbonyl (C=O) groups is 4. The molecule has 1 aliphatic rings. The highest BCUT2D eigenvalue weighted by molar-refractivity contribution is 5.93. The Hall–Kier alpha value is -6.36. The first-order valence-corrected chi connectivity index (χ1v) is 14.3. The average molecular weight is 635 g/mol. The zero-order valence-electron chi connectivity index (χ0n) is 25.6. The Morgan fingerprint density at radius 2 is 1.19 bits per heavy atom. The largest absolute Gasteiger partial charge is 0.463 e. The predicted octanol–water partition coefficient (Wildman–Crippen LogP) is 7.42. The highest BCUT2D eigenvalue weighted by Gasteiger charge is 2.15. The minimum atomic E-state index is -0.772. The summed E-state index contributed by atoms with van der Waals surface area (Å²) in [5, 5.41) is 8.38. The molecule has 1 aliphatic carbocycles. The van der Waals surface area contributed by atoms with E-state index in [1.165, 1.54) is 6.08 Å². The summed E-state index contributed by atoms with van der Waals surface area (Å²) in [6.07, 6.45) is 8.55. The summed E-state index contributed by atoms with van der Waals surface area (Å²) < 4.78 is 26.3. The monoisotopic (exact) mass is 634 g/mol. The molecule has 0 aromatic heterocycles. The first-order valence-electron chi connectivity index (χ1n) is 14.3. The van der Waals surface area contributed by atoms with Gasteiger partial charge in [0.15, 0.2) is 0 Å². The molecule has 0 amide bonds. The first kappa shape index (κ1) is 33.5. The molecule has 0 atom stereocenters. The van der Waals surface area contributed by atoms with Crippen LogP contribution in [0.3, 0.4) is 0 Å². The van der Waals surface area contributed by atoms with Crippen LogP contribution in [-0.2, 0) is 28.7 Å². The lowest BCUT2D eigenvalue weighted by Crippen LogP contribution is -2.08. The molecule has 0 radical (unpaired) electrons. The molecule has 0 saturated carbocycles. The number of carbonyl (C=O) groups excluding carboxylic acids is 4. The molecule has 11 heteroatoms. The summed E-state index contributed by atoms with van der Waals surface area (Å²) in [6, 6.07) is 19.7. The van der Waals surface area contributed by atoms with Gasteiger partial charge in [-0.3, -0.25) is 0 Å². The minimum absolute atomic E-state index is 0.244. The topological polar surface area (TPSA) is 139 Å². The van der Waals surface area contributed by atoms with Crippen molar-refractivity contribution in [2.45, 2.75) is 20.3 Å². The molecule has 3 aromatic carbocycles. The van der Waals surface area contributed by atoms with Crippen molar-refractivity contribution in [2.75, 3.05) is 6.61 Å². The molecule has 11 nitrogen and oxygen atoms in total. The Kier molecular flexibility index (Phi) is 11.9. The number of esters is 4. The molecule has 0 heterocycles. The van der Waals surface area contributed by atoms with E-state index in [4.69, 9.17) is 23.7 Å². The number of ether oxygens (including phenoxy) is 5. The van der Waals surface area contributed by atoms with Crippen LogP contribution in [0.15, 0.2) is 137 Å². The van der Waals surface area contributed by atoms with E-state index in [0.717, 1.165) is 12.2 Å². The Morgan fingerprint density at radius 1 is 0.681 bits per heavy atom. The van der Waals surface area contributed by atoms with Crippen molar-refractivity contribution in [1.82, 2.24) is 0 Å². The zero-order valence-corrected chi connectivity index (χ0v) is 25.6. The Labute approximate surface area is 270 Å². The lowest BCUT2D eigenvalue weighted by molar-refractivity contribution is -0.137. The molecule has 0 aliphatic heterocycles. The van der Waals surface area contributed by atoms with Crippen molar-refractivity contribution >= 4 is 41.3 Å². The molecule has 3 aromatic rings. The van der Waals surface area contributed by atoms with Crippen LogP contribution in [0.1, 0.15) is 25.8 Å². The third-order valence-electron chi connectivity index (χ3n) is 5.95. The van der Waals surface area contributed by atoms with Crippen LogP contribution in [0.2, 0.25) is 0 Å². The van der Waals surface area contributed by atoms with Crippen LogP contribution >= 0.6 is 0 Å². The van der Waals surface area contributed by atoms with E-state index in [0.29, 0.717) is 46.2 Å². The number of allylic oxidation sites excluding steroid dienone is 2.